The maximum absolute atomic E-state index is 5.46. The van der Waals surface area contributed by atoms with Crippen LogP contribution in [0, 0.1) is 6.92 Å². The number of pyridine rings is 1. The Balaban J connectivity index is 1.85. The van der Waals surface area contributed by atoms with Crippen LogP contribution in [0.25, 0.3) is 0 Å². The Bertz CT molecular complexity index is 480. The van der Waals surface area contributed by atoms with Crippen LogP contribution in [0.5, 0.6) is 5.88 Å². The number of aromatic nitrogens is 1. The molecule has 90 valence electrons. The van der Waals surface area contributed by atoms with Crippen molar-refractivity contribution in [3.63, 3.8) is 0 Å². The number of methoxy groups -OCH3 is 1. The van der Waals surface area contributed by atoms with Gasteiger partial charge < -0.3 is 14.5 Å². The van der Waals surface area contributed by atoms with E-state index in [0.717, 1.165) is 17.2 Å². The van der Waals surface area contributed by atoms with E-state index < -0.39 is 0 Å². The summed E-state index contributed by atoms with van der Waals surface area (Å²) in [7, 11) is 1.62. The first-order valence-electron chi connectivity index (χ1n) is 5.54. The molecule has 0 fully saturated rings. The van der Waals surface area contributed by atoms with E-state index in [2.05, 4.69) is 10.3 Å². The van der Waals surface area contributed by atoms with Gasteiger partial charge in [-0.2, -0.15) is 0 Å². The summed E-state index contributed by atoms with van der Waals surface area (Å²) in [6, 6.07) is 9.66. The fourth-order valence-corrected chi connectivity index (χ4v) is 1.56. The zero-order valence-electron chi connectivity index (χ0n) is 10.1. The van der Waals surface area contributed by atoms with Crippen LogP contribution in [0.15, 0.2) is 34.7 Å². The average molecular weight is 232 g/mol. The van der Waals surface area contributed by atoms with Crippen molar-refractivity contribution in [3.8, 4) is 5.88 Å². The van der Waals surface area contributed by atoms with Crippen LogP contribution in [0.1, 0.15) is 17.2 Å². The van der Waals surface area contributed by atoms with Crippen LogP contribution in [-0.2, 0) is 13.1 Å². The SMILES string of the molecule is COc1cccc(CNCc2ccc(C)o2)n1. The van der Waals surface area contributed by atoms with Gasteiger partial charge in [0.15, 0.2) is 0 Å². The predicted octanol–water partition coefficient (Wildman–Crippen LogP) is 2.28. The van der Waals surface area contributed by atoms with Gasteiger partial charge >= 0.3 is 0 Å². The Kier molecular flexibility index (Phi) is 3.77. The maximum Gasteiger partial charge on any atom is 0.213 e. The lowest BCUT2D eigenvalue weighted by Crippen LogP contribution is -2.13. The summed E-state index contributed by atoms with van der Waals surface area (Å²) >= 11 is 0. The highest BCUT2D eigenvalue weighted by Crippen LogP contribution is 2.08. The van der Waals surface area contributed by atoms with Crippen molar-refractivity contribution in [1.82, 2.24) is 10.3 Å². The first-order valence-corrected chi connectivity index (χ1v) is 5.54. The Morgan fingerprint density at radius 3 is 2.82 bits per heavy atom. The molecule has 4 heteroatoms. The fraction of sp³-hybridized carbons (Fsp3) is 0.308. The molecule has 0 radical (unpaired) electrons. The second kappa shape index (κ2) is 5.50. The molecule has 2 rings (SSSR count). The molecule has 17 heavy (non-hydrogen) atoms. The molecule has 0 amide bonds. The molecule has 0 aliphatic carbocycles. The largest absolute Gasteiger partial charge is 0.481 e. The van der Waals surface area contributed by atoms with Crippen molar-refractivity contribution in [2.24, 2.45) is 0 Å². The molecule has 0 spiro atoms. The molecule has 4 nitrogen and oxygen atoms in total. The molecule has 2 heterocycles. The van der Waals surface area contributed by atoms with E-state index in [9.17, 15) is 0 Å². The third kappa shape index (κ3) is 3.32. The number of aryl methyl sites for hydroxylation is 1. The van der Waals surface area contributed by atoms with Crippen LogP contribution < -0.4 is 10.1 Å². The summed E-state index contributed by atoms with van der Waals surface area (Å²) in [5.74, 6) is 2.50. The highest BCUT2D eigenvalue weighted by Gasteiger charge is 2.00. The van der Waals surface area contributed by atoms with Gasteiger partial charge in [0.2, 0.25) is 5.88 Å². The molecular formula is C13H16N2O2. The second-order valence-corrected chi connectivity index (χ2v) is 3.79. The lowest BCUT2D eigenvalue weighted by molar-refractivity contribution is 0.395. The van der Waals surface area contributed by atoms with Crippen molar-refractivity contribution in [3.05, 3.63) is 47.5 Å². The molecule has 0 atom stereocenters. The van der Waals surface area contributed by atoms with Gasteiger partial charge in [-0.1, -0.05) is 6.07 Å². The normalized spacial score (nSPS) is 10.5. The van der Waals surface area contributed by atoms with E-state index in [-0.39, 0.29) is 0 Å². The van der Waals surface area contributed by atoms with Crippen LogP contribution >= 0.6 is 0 Å². The molecule has 0 aliphatic heterocycles. The quantitative estimate of drug-likeness (QED) is 0.859. The summed E-state index contributed by atoms with van der Waals surface area (Å²) in [6.07, 6.45) is 0. The van der Waals surface area contributed by atoms with Crippen molar-refractivity contribution in [1.29, 1.82) is 0 Å². The minimum absolute atomic E-state index is 0.637. The lowest BCUT2D eigenvalue weighted by atomic mass is 10.3. The van der Waals surface area contributed by atoms with Crippen LogP contribution in [0.3, 0.4) is 0 Å². The van der Waals surface area contributed by atoms with E-state index in [1.165, 1.54) is 0 Å². The van der Waals surface area contributed by atoms with Gasteiger partial charge in [-0.25, -0.2) is 4.98 Å². The summed E-state index contributed by atoms with van der Waals surface area (Å²) in [5.41, 5.74) is 0.952. The van der Waals surface area contributed by atoms with Crippen LogP contribution in [0.4, 0.5) is 0 Å². The smallest absolute Gasteiger partial charge is 0.213 e. The summed E-state index contributed by atoms with van der Waals surface area (Å²) in [5, 5.41) is 3.27. The monoisotopic (exact) mass is 232 g/mol. The third-order valence-corrected chi connectivity index (χ3v) is 2.39. The highest BCUT2D eigenvalue weighted by atomic mass is 16.5. The van der Waals surface area contributed by atoms with E-state index in [4.69, 9.17) is 9.15 Å². The number of nitrogens with one attached hydrogen (secondary N) is 1. The molecule has 2 aromatic rings. The van der Waals surface area contributed by atoms with Gasteiger partial charge in [-0.3, -0.25) is 0 Å². The number of hydrogen-bond acceptors (Lipinski definition) is 4. The van der Waals surface area contributed by atoms with Crippen molar-refractivity contribution in [2.45, 2.75) is 20.0 Å². The second-order valence-electron chi connectivity index (χ2n) is 3.79. The van der Waals surface area contributed by atoms with E-state index in [1.54, 1.807) is 7.11 Å². The third-order valence-electron chi connectivity index (χ3n) is 2.39. The van der Waals surface area contributed by atoms with E-state index >= 15 is 0 Å². The molecular weight excluding hydrogens is 216 g/mol. The number of ether oxygens (including phenoxy) is 1. The molecule has 0 saturated heterocycles. The van der Waals surface area contributed by atoms with Gasteiger partial charge in [0.25, 0.3) is 0 Å². The Labute approximate surface area is 101 Å². The van der Waals surface area contributed by atoms with Crippen LogP contribution in [-0.4, -0.2) is 12.1 Å². The molecule has 0 unspecified atom stereocenters. The van der Waals surface area contributed by atoms with E-state index in [0.29, 0.717) is 19.0 Å². The molecule has 0 aliphatic rings. The maximum atomic E-state index is 5.46. The van der Waals surface area contributed by atoms with E-state index in [1.807, 2.05) is 37.3 Å². The van der Waals surface area contributed by atoms with Crippen LogP contribution in [0.2, 0.25) is 0 Å². The molecule has 2 aromatic heterocycles. The predicted molar refractivity (Wildman–Crippen MR) is 64.8 cm³/mol. The number of hydrogen-bond donors (Lipinski definition) is 1. The zero-order valence-corrected chi connectivity index (χ0v) is 10.1. The summed E-state index contributed by atoms with van der Waals surface area (Å²) < 4.78 is 10.5. The summed E-state index contributed by atoms with van der Waals surface area (Å²) in [4.78, 5) is 4.31. The van der Waals surface area contributed by atoms with Crippen molar-refractivity contribution < 1.29 is 9.15 Å². The van der Waals surface area contributed by atoms with Gasteiger partial charge in [-0.15, -0.1) is 0 Å². The number of furan rings is 1. The standard InChI is InChI=1S/C13H16N2O2/c1-10-6-7-12(17-10)9-14-8-11-4-3-5-13(15-11)16-2/h3-7,14H,8-9H2,1-2H3. The minimum atomic E-state index is 0.637. The van der Waals surface area contributed by atoms with Gasteiger partial charge in [0.05, 0.1) is 19.3 Å². The first kappa shape index (κ1) is 11.7. The van der Waals surface area contributed by atoms with Crippen molar-refractivity contribution >= 4 is 0 Å². The Hall–Kier alpha value is -1.81. The number of nitrogens with zero attached hydrogens (tertiary/aromatic N) is 1. The Morgan fingerprint density at radius 2 is 2.12 bits per heavy atom. The zero-order chi connectivity index (χ0) is 12.1. The van der Waals surface area contributed by atoms with Gasteiger partial charge in [0.1, 0.15) is 11.5 Å². The average Bonchev–Trinajstić information content (AvgIpc) is 2.75. The topological polar surface area (TPSA) is 47.3 Å². The Morgan fingerprint density at radius 1 is 1.24 bits per heavy atom. The van der Waals surface area contributed by atoms with Crippen molar-refractivity contribution in [2.75, 3.05) is 7.11 Å². The van der Waals surface area contributed by atoms with Gasteiger partial charge in [-0.05, 0) is 25.1 Å². The lowest BCUT2D eigenvalue weighted by Gasteiger charge is -2.04. The van der Waals surface area contributed by atoms with Gasteiger partial charge in [0, 0.05) is 12.6 Å². The first-order chi connectivity index (χ1) is 8.28. The number of rotatable bonds is 5. The molecule has 1 N–H and O–H groups in total. The molecule has 0 bridgehead atoms. The summed E-state index contributed by atoms with van der Waals surface area (Å²) in [6.45, 7) is 3.33. The molecule has 0 aromatic carbocycles. The highest BCUT2D eigenvalue weighted by molar-refractivity contribution is 5.15. The fourth-order valence-electron chi connectivity index (χ4n) is 1.56. The minimum Gasteiger partial charge on any atom is -0.481 e. The molecule has 0 saturated carbocycles.